The van der Waals surface area contributed by atoms with Crippen molar-refractivity contribution in [1.29, 1.82) is 5.26 Å². The third-order valence-electron chi connectivity index (χ3n) is 3.05. The smallest absolute Gasteiger partial charge is 0.259 e. The molecule has 0 aliphatic rings. The normalized spacial score (nSPS) is 13.0. The summed E-state index contributed by atoms with van der Waals surface area (Å²) in [7, 11) is -1.12. The lowest BCUT2D eigenvalue weighted by molar-refractivity contribution is 0.175. The van der Waals surface area contributed by atoms with E-state index < -0.39 is 8.53 Å². The molecule has 0 N–H and O–H groups in total. The number of furan rings is 1. The van der Waals surface area contributed by atoms with Gasteiger partial charge in [-0.05, 0) is 52.2 Å². The summed E-state index contributed by atoms with van der Waals surface area (Å²) in [4.78, 5) is 0. The zero-order chi connectivity index (χ0) is 16.4. The van der Waals surface area contributed by atoms with Crippen LogP contribution in [0.3, 0.4) is 0 Å². The molecule has 0 fully saturated rings. The standard InChI is InChI=1S/C16H27N2O3P/c1-14(2)18(15(3)4)22(21-11-6-9-17)20-10-5-7-16-8-12-19-13-16/h8,12-15H,5-7,10-11H2,1-4H3/t22-/m1/s1. The molecule has 5 nitrogen and oxygen atoms in total. The molecule has 0 saturated heterocycles. The first kappa shape index (κ1) is 19.1. The van der Waals surface area contributed by atoms with E-state index in [1.807, 2.05) is 6.07 Å². The Balaban J connectivity index is 2.47. The number of nitriles is 1. The predicted octanol–water partition coefficient (Wildman–Crippen LogP) is 4.50. The van der Waals surface area contributed by atoms with E-state index in [1.54, 1.807) is 12.5 Å². The molecule has 0 spiro atoms. The summed E-state index contributed by atoms with van der Waals surface area (Å²) >= 11 is 0. The summed E-state index contributed by atoms with van der Waals surface area (Å²) in [5.74, 6) is 0. The fraction of sp³-hybridized carbons (Fsp3) is 0.688. The maximum atomic E-state index is 8.67. The summed E-state index contributed by atoms with van der Waals surface area (Å²) < 4.78 is 19.1. The lowest BCUT2D eigenvalue weighted by Crippen LogP contribution is -2.33. The molecule has 0 bridgehead atoms. The Morgan fingerprint density at radius 2 is 1.91 bits per heavy atom. The average molecular weight is 326 g/mol. The van der Waals surface area contributed by atoms with Crippen LogP contribution in [0.25, 0.3) is 0 Å². The summed E-state index contributed by atoms with van der Waals surface area (Å²) in [6.45, 7) is 9.60. The molecule has 1 aromatic heterocycles. The van der Waals surface area contributed by atoms with E-state index in [1.165, 1.54) is 5.56 Å². The molecular formula is C16H27N2O3P. The molecule has 1 heterocycles. The molecule has 0 aliphatic carbocycles. The van der Waals surface area contributed by atoms with Crippen molar-refractivity contribution in [2.45, 2.75) is 59.0 Å². The number of hydrogen-bond donors (Lipinski definition) is 0. The van der Waals surface area contributed by atoms with Crippen LogP contribution in [0, 0.1) is 11.3 Å². The van der Waals surface area contributed by atoms with Gasteiger partial charge in [0.15, 0.2) is 0 Å². The Hall–Kier alpha value is -0.920. The second-order valence-electron chi connectivity index (χ2n) is 5.62. The highest BCUT2D eigenvalue weighted by Gasteiger charge is 2.26. The Bertz CT molecular complexity index is 421. The minimum Gasteiger partial charge on any atom is -0.472 e. The van der Waals surface area contributed by atoms with Gasteiger partial charge >= 0.3 is 0 Å². The molecule has 6 heteroatoms. The van der Waals surface area contributed by atoms with Gasteiger partial charge < -0.3 is 13.5 Å². The summed E-state index contributed by atoms with van der Waals surface area (Å²) in [5.41, 5.74) is 1.18. The second kappa shape index (κ2) is 10.7. The first-order chi connectivity index (χ1) is 10.6. The Morgan fingerprint density at radius 3 is 2.45 bits per heavy atom. The van der Waals surface area contributed by atoms with Crippen molar-refractivity contribution in [1.82, 2.24) is 4.67 Å². The Kier molecular flexibility index (Phi) is 9.34. The predicted molar refractivity (Wildman–Crippen MR) is 88.2 cm³/mol. The van der Waals surface area contributed by atoms with Crippen LogP contribution in [0.5, 0.6) is 0 Å². The molecule has 0 aromatic carbocycles. The lowest BCUT2D eigenvalue weighted by atomic mass is 10.2. The van der Waals surface area contributed by atoms with E-state index in [0.29, 0.717) is 31.7 Å². The lowest BCUT2D eigenvalue weighted by Gasteiger charge is -2.35. The molecule has 1 atom stereocenters. The van der Waals surface area contributed by atoms with Gasteiger partial charge in [0.25, 0.3) is 8.53 Å². The number of aryl methyl sites for hydroxylation is 1. The van der Waals surface area contributed by atoms with Crippen molar-refractivity contribution in [3.63, 3.8) is 0 Å². The van der Waals surface area contributed by atoms with Crippen molar-refractivity contribution < 1.29 is 13.5 Å². The van der Waals surface area contributed by atoms with Crippen molar-refractivity contribution in [2.75, 3.05) is 13.2 Å². The zero-order valence-corrected chi connectivity index (χ0v) is 14.9. The fourth-order valence-electron chi connectivity index (χ4n) is 2.17. The first-order valence-corrected chi connectivity index (χ1v) is 8.91. The van der Waals surface area contributed by atoms with E-state index >= 15 is 0 Å². The van der Waals surface area contributed by atoms with Crippen LogP contribution in [0.1, 0.15) is 46.1 Å². The van der Waals surface area contributed by atoms with E-state index in [2.05, 4.69) is 38.4 Å². The maximum Gasteiger partial charge on any atom is 0.259 e. The minimum absolute atomic E-state index is 0.335. The molecule has 0 amide bonds. The van der Waals surface area contributed by atoms with Crippen molar-refractivity contribution in [3.05, 3.63) is 24.2 Å². The van der Waals surface area contributed by atoms with E-state index in [4.69, 9.17) is 18.7 Å². The third kappa shape index (κ3) is 6.89. The van der Waals surface area contributed by atoms with E-state index in [-0.39, 0.29) is 0 Å². The van der Waals surface area contributed by atoms with Crippen LogP contribution < -0.4 is 0 Å². The SMILES string of the molecule is CC(C)N(C(C)C)[P@@](OCCC#N)OCCCc1ccoc1. The minimum atomic E-state index is -1.12. The van der Waals surface area contributed by atoms with Gasteiger partial charge in [-0.1, -0.05) is 0 Å². The number of rotatable bonds is 11. The molecule has 1 rings (SSSR count). The highest BCUT2D eigenvalue weighted by molar-refractivity contribution is 7.44. The Labute approximate surface area is 135 Å². The molecule has 0 saturated carbocycles. The maximum absolute atomic E-state index is 8.67. The van der Waals surface area contributed by atoms with Crippen molar-refractivity contribution in [3.8, 4) is 6.07 Å². The number of hydrogen-bond acceptors (Lipinski definition) is 5. The fourth-order valence-corrected chi connectivity index (χ4v) is 3.80. The largest absolute Gasteiger partial charge is 0.472 e. The van der Waals surface area contributed by atoms with Gasteiger partial charge in [-0.25, -0.2) is 4.67 Å². The van der Waals surface area contributed by atoms with Crippen LogP contribution in [0.4, 0.5) is 0 Å². The number of nitrogens with zero attached hydrogens (tertiary/aromatic N) is 2. The Morgan fingerprint density at radius 1 is 1.23 bits per heavy atom. The van der Waals surface area contributed by atoms with Crippen LogP contribution in [0.15, 0.2) is 23.0 Å². The molecule has 1 aromatic rings. The molecule has 0 unspecified atom stereocenters. The summed E-state index contributed by atoms with van der Waals surface area (Å²) in [6, 6.07) is 4.75. The van der Waals surface area contributed by atoms with Gasteiger partial charge in [0.1, 0.15) is 0 Å². The van der Waals surface area contributed by atoms with Crippen LogP contribution in [-0.4, -0.2) is 30.0 Å². The molecular weight excluding hydrogens is 299 g/mol. The molecule has 0 aliphatic heterocycles. The van der Waals surface area contributed by atoms with E-state index in [0.717, 1.165) is 12.8 Å². The monoisotopic (exact) mass is 326 g/mol. The topological polar surface area (TPSA) is 58.6 Å². The van der Waals surface area contributed by atoms with E-state index in [9.17, 15) is 0 Å². The quantitative estimate of drug-likeness (QED) is 0.442. The highest BCUT2D eigenvalue weighted by Crippen LogP contribution is 2.46. The second-order valence-corrected chi connectivity index (χ2v) is 7.07. The molecule has 0 radical (unpaired) electrons. The van der Waals surface area contributed by atoms with Gasteiger partial charge in [0, 0.05) is 12.1 Å². The average Bonchev–Trinajstić information content (AvgIpc) is 2.95. The highest BCUT2D eigenvalue weighted by atomic mass is 31.2. The van der Waals surface area contributed by atoms with Gasteiger partial charge in [-0.15, -0.1) is 0 Å². The van der Waals surface area contributed by atoms with Crippen LogP contribution in [0.2, 0.25) is 0 Å². The first-order valence-electron chi connectivity index (χ1n) is 7.78. The molecule has 124 valence electrons. The van der Waals surface area contributed by atoms with Crippen LogP contribution in [-0.2, 0) is 15.5 Å². The van der Waals surface area contributed by atoms with Crippen molar-refractivity contribution in [2.24, 2.45) is 0 Å². The van der Waals surface area contributed by atoms with Gasteiger partial charge in [0.05, 0.1) is 38.2 Å². The van der Waals surface area contributed by atoms with Crippen LogP contribution >= 0.6 is 8.53 Å². The van der Waals surface area contributed by atoms with Crippen molar-refractivity contribution >= 4 is 8.53 Å². The zero-order valence-electron chi connectivity index (χ0n) is 14.0. The summed E-state index contributed by atoms with van der Waals surface area (Å²) in [5, 5.41) is 8.67. The van der Waals surface area contributed by atoms with Gasteiger partial charge in [-0.2, -0.15) is 5.26 Å². The third-order valence-corrected chi connectivity index (χ3v) is 5.16. The van der Waals surface area contributed by atoms with Gasteiger partial charge in [-0.3, -0.25) is 0 Å². The van der Waals surface area contributed by atoms with Gasteiger partial charge in [0.2, 0.25) is 0 Å². The molecule has 22 heavy (non-hydrogen) atoms. The summed E-state index contributed by atoms with van der Waals surface area (Å²) in [6.07, 6.45) is 5.70.